The van der Waals surface area contributed by atoms with Gasteiger partial charge in [0.2, 0.25) is 0 Å². The summed E-state index contributed by atoms with van der Waals surface area (Å²) in [5.74, 6) is -3.97. The standard InChI is InChI=1S/C27H20N8O7/c36-23-15(26(39)40)3-1-5-21(23)34-11-19(30-32-34)17-9-13(25(38)28-14-7-8-14)10-18(29-17)20-12-35(33-31-20)22-6-2-4-16(24(22)37)27(41)42/h1-6,9-12,14,36-37H,7-8H2,(H,28,38)(H,39,40)(H,41,42). The third-order valence-corrected chi connectivity index (χ3v) is 6.50. The van der Waals surface area contributed by atoms with Crippen LogP contribution in [-0.2, 0) is 0 Å². The first kappa shape index (κ1) is 26.1. The van der Waals surface area contributed by atoms with Crippen LogP contribution in [-0.4, -0.2) is 79.3 Å². The van der Waals surface area contributed by atoms with Crippen molar-refractivity contribution in [1.29, 1.82) is 0 Å². The number of pyridine rings is 1. The number of hydrogen-bond donors (Lipinski definition) is 5. The Labute approximate surface area is 235 Å². The first-order chi connectivity index (χ1) is 20.2. The summed E-state index contributed by atoms with van der Waals surface area (Å²) in [6.07, 6.45) is 4.58. The van der Waals surface area contributed by atoms with Gasteiger partial charge in [0.1, 0.15) is 33.9 Å². The van der Waals surface area contributed by atoms with E-state index >= 15 is 0 Å². The van der Waals surface area contributed by atoms with E-state index in [9.17, 15) is 34.8 Å². The van der Waals surface area contributed by atoms with Crippen LogP contribution in [0.2, 0.25) is 0 Å². The Hall–Kier alpha value is -6.12. The number of carboxylic acids is 2. The highest BCUT2D eigenvalue weighted by atomic mass is 16.4. The molecule has 0 saturated heterocycles. The first-order valence-electron chi connectivity index (χ1n) is 12.5. The predicted octanol–water partition coefficient (Wildman–Crippen LogP) is 2.28. The molecule has 1 saturated carbocycles. The molecule has 5 N–H and O–H groups in total. The lowest BCUT2D eigenvalue weighted by Crippen LogP contribution is -2.25. The molecule has 210 valence electrons. The van der Waals surface area contributed by atoms with Crippen LogP contribution in [0, 0.1) is 0 Å². The number of carbonyl (C=O) groups excluding carboxylic acids is 1. The first-order valence-corrected chi connectivity index (χ1v) is 12.5. The van der Waals surface area contributed by atoms with Gasteiger partial charge in [0.15, 0.2) is 11.5 Å². The average molecular weight is 569 g/mol. The van der Waals surface area contributed by atoms with Crippen molar-refractivity contribution in [3.05, 3.63) is 77.6 Å². The number of nitrogens with zero attached hydrogens (tertiary/aromatic N) is 7. The van der Waals surface area contributed by atoms with Gasteiger partial charge in [-0.25, -0.2) is 23.9 Å². The number of hydrogen-bond acceptors (Lipinski definition) is 10. The summed E-state index contributed by atoms with van der Waals surface area (Å²) in [6.45, 7) is 0. The maximum atomic E-state index is 13.0. The van der Waals surface area contributed by atoms with Crippen molar-refractivity contribution in [2.24, 2.45) is 0 Å². The molecular weight excluding hydrogens is 548 g/mol. The second-order valence-corrected chi connectivity index (χ2v) is 9.43. The number of amides is 1. The van der Waals surface area contributed by atoms with Crippen molar-refractivity contribution in [3.8, 4) is 45.6 Å². The molecule has 42 heavy (non-hydrogen) atoms. The Morgan fingerprint density at radius 2 is 1.21 bits per heavy atom. The zero-order valence-electron chi connectivity index (χ0n) is 21.4. The molecule has 0 unspecified atom stereocenters. The third-order valence-electron chi connectivity index (χ3n) is 6.50. The molecule has 0 spiro atoms. The quantitative estimate of drug-likeness (QED) is 0.182. The number of aromatic carboxylic acids is 2. The monoisotopic (exact) mass is 568 g/mol. The SMILES string of the molecule is O=C(NC1CC1)c1cc(-c2cn(-c3cccc(C(=O)O)c3O)nn2)nc(-c2cn(-c3cccc(C(=O)O)c3O)nn2)c1. The van der Waals surface area contributed by atoms with Gasteiger partial charge in [-0.1, -0.05) is 22.6 Å². The highest BCUT2D eigenvalue weighted by Crippen LogP contribution is 2.30. The molecule has 2 aromatic carbocycles. The molecule has 0 bridgehead atoms. The van der Waals surface area contributed by atoms with E-state index in [-0.39, 0.29) is 62.8 Å². The fourth-order valence-electron chi connectivity index (χ4n) is 4.20. The molecule has 3 aromatic heterocycles. The molecule has 1 fully saturated rings. The van der Waals surface area contributed by atoms with E-state index in [2.05, 4.69) is 30.9 Å². The number of rotatable bonds is 8. The van der Waals surface area contributed by atoms with E-state index in [4.69, 9.17) is 0 Å². The molecule has 6 rings (SSSR count). The van der Waals surface area contributed by atoms with Gasteiger partial charge in [0, 0.05) is 11.6 Å². The third kappa shape index (κ3) is 4.85. The van der Waals surface area contributed by atoms with Crippen molar-refractivity contribution < 1.29 is 34.8 Å². The molecule has 1 amide bonds. The van der Waals surface area contributed by atoms with Gasteiger partial charge in [-0.2, -0.15) is 0 Å². The van der Waals surface area contributed by atoms with Crippen molar-refractivity contribution >= 4 is 17.8 Å². The van der Waals surface area contributed by atoms with Crippen molar-refractivity contribution in [2.75, 3.05) is 0 Å². The van der Waals surface area contributed by atoms with Crippen LogP contribution in [0.15, 0.2) is 60.9 Å². The second kappa shape index (κ2) is 10.1. The number of benzene rings is 2. The summed E-state index contributed by atoms with van der Waals surface area (Å²) < 4.78 is 2.37. The molecule has 0 atom stereocenters. The lowest BCUT2D eigenvalue weighted by Gasteiger charge is -2.08. The maximum absolute atomic E-state index is 13.0. The van der Waals surface area contributed by atoms with Gasteiger partial charge >= 0.3 is 11.9 Å². The lowest BCUT2D eigenvalue weighted by atomic mass is 10.1. The van der Waals surface area contributed by atoms with Crippen LogP contribution in [0.1, 0.15) is 43.9 Å². The molecule has 3 heterocycles. The lowest BCUT2D eigenvalue weighted by molar-refractivity contribution is 0.0682. The van der Waals surface area contributed by atoms with E-state index in [1.807, 2.05) is 0 Å². The summed E-state index contributed by atoms with van der Waals surface area (Å²) in [7, 11) is 0. The van der Waals surface area contributed by atoms with Gasteiger partial charge in [-0.15, -0.1) is 10.2 Å². The fourth-order valence-corrected chi connectivity index (χ4v) is 4.20. The largest absolute Gasteiger partial charge is 0.505 e. The summed E-state index contributed by atoms with van der Waals surface area (Å²) in [5.41, 5.74) is 0.618. The number of carbonyl (C=O) groups is 3. The van der Waals surface area contributed by atoms with E-state index in [0.717, 1.165) is 12.8 Å². The molecule has 0 aliphatic heterocycles. The Morgan fingerprint density at radius 3 is 1.64 bits per heavy atom. The van der Waals surface area contributed by atoms with Gasteiger partial charge < -0.3 is 25.7 Å². The number of aromatic nitrogens is 7. The molecule has 5 aromatic rings. The average Bonchev–Trinajstić information content (AvgIpc) is 3.43. The van der Waals surface area contributed by atoms with Gasteiger partial charge in [0.05, 0.1) is 23.8 Å². The smallest absolute Gasteiger partial charge is 0.339 e. The highest BCUT2D eigenvalue weighted by molar-refractivity contribution is 5.96. The molecule has 15 heteroatoms. The summed E-state index contributed by atoms with van der Waals surface area (Å²) in [6, 6.07) is 11.4. The van der Waals surface area contributed by atoms with E-state index in [0.29, 0.717) is 0 Å². The number of carboxylic acid groups (broad SMARTS) is 2. The van der Waals surface area contributed by atoms with Crippen molar-refractivity contribution in [2.45, 2.75) is 18.9 Å². The van der Waals surface area contributed by atoms with Crippen LogP contribution in [0.3, 0.4) is 0 Å². The number of para-hydroxylation sites is 2. The van der Waals surface area contributed by atoms with Crippen LogP contribution >= 0.6 is 0 Å². The van der Waals surface area contributed by atoms with Gasteiger partial charge in [-0.3, -0.25) is 4.79 Å². The Balaban J connectivity index is 1.41. The van der Waals surface area contributed by atoms with E-state index in [1.54, 1.807) is 0 Å². The Kier molecular flexibility index (Phi) is 6.30. The molecular formula is C27H20N8O7. The van der Waals surface area contributed by atoms with Crippen LogP contribution < -0.4 is 5.32 Å². The van der Waals surface area contributed by atoms with Gasteiger partial charge in [0.25, 0.3) is 5.91 Å². The minimum Gasteiger partial charge on any atom is -0.505 e. The number of phenols is 2. The second-order valence-electron chi connectivity index (χ2n) is 9.43. The zero-order valence-corrected chi connectivity index (χ0v) is 21.4. The molecule has 1 aliphatic carbocycles. The highest BCUT2D eigenvalue weighted by Gasteiger charge is 2.25. The Morgan fingerprint density at radius 1 is 0.738 bits per heavy atom. The molecule has 1 aliphatic rings. The van der Waals surface area contributed by atoms with Crippen molar-refractivity contribution in [1.82, 2.24) is 40.3 Å². The fraction of sp³-hybridized carbons (Fsp3) is 0.111. The number of nitrogens with one attached hydrogen (secondary N) is 1. The summed E-state index contributed by atoms with van der Waals surface area (Å²) >= 11 is 0. The predicted molar refractivity (Wildman–Crippen MR) is 143 cm³/mol. The van der Waals surface area contributed by atoms with Crippen LogP contribution in [0.25, 0.3) is 34.2 Å². The molecule has 15 nitrogen and oxygen atoms in total. The Bertz CT molecular complexity index is 1770. The van der Waals surface area contributed by atoms with Crippen LogP contribution in [0.5, 0.6) is 11.5 Å². The minimum atomic E-state index is -1.31. The number of aromatic hydroxyl groups is 2. The van der Waals surface area contributed by atoms with E-state index < -0.39 is 23.4 Å². The normalized spacial score (nSPS) is 12.7. The summed E-state index contributed by atoms with van der Waals surface area (Å²) in [4.78, 5) is 40.5. The van der Waals surface area contributed by atoms with Crippen molar-refractivity contribution in [3.63, 3.8) is 0 Å². The minimum absolute atomic E-state index is 0.0721. The summed E-state index contributed by atoms with van der Waals surface area (Å²) in [5, 5.41) is 58.7. The zero-order chi connectivity index (χ0) is 29.5. The molecule has 0 radical (unpaired) electrons. The van der Waals surface area contributed by atoms with Gasteiger partial charge in [-0.05, 0) is 49.2 Å². The topological polar surface area (TPSA) is 218 Å². The van der Waals surface area contributed by atoms with Crippen LogP contribution in [0.4, 0.5) is 0 Å². The maximum Gasteiger partial charge on any atom is 0.339 e. The van der Waals surface area contributed by atoms with E-state index in [1.165, 1.54) is 70.3 Å².